The molecule has 2 aliphatic rings. The Morgan fingerprint density at radius 1 is 1.15 bits per heavy atom. The van der Waals surface area contributed by atoms with Crippen LogP contribution in [0.2, 0.25) is 0 Å². The summed E-state index contributed by atoms with van der Waals surface area (Å²) in [6.07, 6.45) is 8.54. The van der Waals surface area contributed by atoms with Gasteiger partial charge in [0.1, 0.15) is 6.07 Å². The third-order valence-electron chi connectivity index (χ3n) is 5.86. The fraction of sp³-hybridized carbons (Fsp3) is 0.409. The molecule has 4 heteroatoms. The van der Waals surface area contributed by atoms with Crippen molar-refractivity contribution in [2.75, 3.05) is 0 Å². The number of nitrogens with zero attached hydrogens (tertiary/aromatic N) is 3. The molecule has 2 atom stereocenters. The van der Waals surface area contributed by atoms with Crippen LogP contribution in [-0.2, 0) is 6.54 Å². The van der Waals surface area contributed by atoms with E-state index in [0.29, 0.717) is 23.2 Å². The van der Waals surface area contributed by atoms with Crippen molar-refractivity contribution in [1.29, 1.82) is 5.26 Å². The van der Waals surface area contributed by atoms with Crippen LogP contribution in [0.15, 0.2) is 48.8 Å². The van der Waals surface area contributed by atoms with E-state index in [1.54, 1.807) is 12.3 Å². The first-order chi connectivity index (χ1) is 12.7. The van der Waals surface area contributed by atoms with E-state index in [4.69, 9.17) is 5.26 Å². The molecule has 2 fully saturated rings. The molecule has 0 radical (unpaired) electrons. The number of aromatic nitrogens is 1. The molecule has 4 nitrogen and oxygen atoms in total. The molecular weight excluding hydrogens is 322 g/mol. The Labute approximate surface area is 154 Å². The van der Waals surface area contributed by atoms with Crippen molar-refractivity contribution >= 4 is 5.78 Å². The van der Waals surface area contributed by atoms with Crippen LogP contribution in [0.25, 0.3) is 0 Å². The molecule has 4 rings (SSSR count). The highest BCUT2D eigenvalue weighted by Gasteiger charge is 2.40. The van der Waals surface area contributed by atoms with Gasteiger partial charge in [-0.3, -0.25) is 14.7 Å². The number of piperidine rings is 2. The van der Waals surface area contributed by atoms with Crippen LogP contribution in [-0.4, -0.2) is 27.8 Å². The number of benzene rings is 1. The molecule has 0 saturated carbocycles. The standard InChI is InChI=1S/C22H23N3O/c23-12-17-9-19(14-24-13-17)22(26)18-10-20-7-4-8-21(11-18)25(20)15-16-5-2-1-3-6-16/h1-3,5-6,9,13-14,18,20-21H,4,7-8,10-11,15H2. The number of ketones is 1. The van der Waals surface area contributed by atoms with Crippen LogP contribution in [0.5, 0.6) is 0 Å². The number of hydrogen-bond acceptors (Lipinski definition) is 4. The van der Waals surface area contributed by atoms with Gasteiger partial charge in [-0.15, -0.1) is 0 Å². The van der Waals surface area contributed by atoms with Crippen molar-refractivity contribution in [3.05, 3.63) is 65.5 Å². The minimum Gasteiger partial charge on any atom is -0.294 e. The number of rotatable bonds is 4. The van der Waals surface area contributed by atoms with Crippen molar-refractivity contribution in [3.8, 4) is 6.07 Å². The summed E-state index contributed by atoms with van der Waals surface area (Å²) in [5.74, 6) is 0.207. The van der Waals surface area contributed by atoms with Gasteiger partial charge in [0.05, 0.1) is 5.56 Å². The van der Waals surface area contributed by atoms with Crippen LogP contribution < -0.4 is 0 Å². The van der Waals surface area contributed by atoms with E-state index >= 15 is 0 Å². The third-order valence-corrected chi connectivity index (χ3v) is 5.86. The average Bonchev–Trinajstić information content (AvgIpc) is 2.68. The Hall–Kier alpha value is -2.51. The normalized spacial score (nSPS) is 25.4. The molecule has 0 aliphatic carbocycles. The van der Waals surface area contributed by atoms with E-state index in [1.807, 2.05) is 0 Å². The maximum Gasteiger partial charge on any atom is 0.167 e. The molecule has 2 bridgehead atoms. The SMILES string of the molecule is N#Cc1cncc(C(=O)C2CC3CCCC(C2)N3Cc2ccccc2)c1. The maximum absolute atomic E-state index is 13.0. The maximum atomic E-state index is 13.0. The van der Waals surface area contributed by atoms with Crippen LogP contribution >= 0.6 is 0 Å². The molecule has 1 aromatic heterocycles. The number of fused-ring (bicyclic) bond motifs is 2. The summed E-state index contributed by atoms with van der Waals surface area (Å²) in [4.78, 5) is 19.7. The smallest absolute Gasteiger partial charge is 0.167 e. The van der Waals surface area contributed by atoms with Crippen LogP contribution in [0, 0.1) is 17.2 Å². The van der Waals surface area contributed by atoms with Crippen molar-refractivity contribution in [2.45, 2.75) is 50.7 Å². The molecule has 2 aromatic rings. The summed E-state index contributed by atoms with van der Waals surface area (Å²) in [6.45, 7) is 0.975. The van der Waals surface area contributed by atoms with Crippen molar-refractivity contribution in [3.63, 3.8) is 0 Å². The molecule has 2 saturated heterocycles. The number of nitriles is 1. The lowest BCUT2D eigenvalue weighted by molar-refractivity contribution is 0.00905. The summed E-state index contributed by atoms with van der Waals surface area (Å²) in [5.41, 5.74) is 2.39. The van der Waals surface area contributed by atoms with E-state index in [2.05, 4.69) is 46.3 Å². The highest BCUT2D eigenvalue weighted by Crippen LogP contribution is 2.39. The molecule has 132 valence electrons. The zero-order valence-electron chi connectivity index (χ0n) is 14.8. The Bertz CT molecular complexity index is 813. The zero-order chi connectivity index (χ0) is 17.9. The fourth-order valence-electron chi connectivity index (χ4n) is 4.62. The zero-order valence-corrected chi connectivity index (χ0v) is 14.8. The van der Waals surface area contributed by atoms with Gasteiger partial charge in [0.15, 0.2) is 5.78 Å². The second-order valence-electron chi connectivity index (χ2n) is 7.50. The van der Waals surface area contributed by atoms with Gasteiger partial charge in [-0.05, 0) is 37.3 Å². The van der Waals surface area contributed by atoms with E-state index in [1.165, 1.54) is 31.0 Å². The van der Waals surface area contributed by atoms with Crippen LogP contribution in [0.3, 0.4) is 0 Å². The van der Waals surface area contributed by atoms with Crippen molar-refractivity contribution < 1.29 is 4.79 Å². The van der Waals surface area contributed by atoms with Gasteiger partial charge >= 0.3 is 0 Å². The van der Waals surface area contributed by atoms with E-state index in [-0.39, 0.29) is 11.7 Å². The van der Waals surface area contributed by atoms with Gasteiger partial charge in [0.2, 0.25) is 0 Å². The van der Waals surface area contributed by atoms with Gasteiger partial charge in [-0.2, -0.15) is 5.26 Å². The minimum atomic E-state index is 0.0491. The van der Waals surface area contributed by atoms with Crippen molar-refractivity contribution in [1.82, 2.24) is 9.88 Å². The predicted molar refractivity (Wildman–Crippen MR) is 99.4 cm³/mol. The number of hydrogen-bond donors (Lipinski definition) is 0. The van der Waals surface area contributed by atoms with Gasteiger partial charge in [-0.25, -0.2) is 0 Å². The van der Waals surface area contributed by atoms with E-state index in [0.717, 1.165) is 19.4 Å². The quantitative estimate of drug-likeness (QED) is 0.787. The molecule has 26 heavy (non-hydrogen) atoms. The molecule has 0 N–H and O–H groups in total. The van der Waals surface area contributed by atoms with Crippen LogP contribution in [0.4, 0.5) is 0 Å². The minimum absolute atomic E-state index is 0.0491. The highest BCUT2D eigenvalue weighted by atomic mass is 16.1. The van der Waals surface area contributed by atoms with Crippen LogP contribution in [0.1, 0.15) is 53.6 Å². The fourth-order valence-corrected chi connectivity index (χ4v) is 4.62. The van der Waals surface area contributed by atoms with Gasteiger partial charge in [-0.1, -0.05) is 36.8 Å². The number of carbonyl (C=O) groups excluding carboxylic acids is 1. The van der Waals surface area contributed by atoms with Gasteiger partial charge < -0.3 is 0 Å². The summed E-state index contributed by atoms with van der Waals surface area (Å²) in [6, 6.07) is 15.3. The molecule has 0 amide bonds. The largest absolute Gasteiger partial charge is 0.294 e. The molecule has 0 spiro atoms. The lowest BCUT2D eigenvalue weighted by Gasteiger charge is -2.48. The molecular formula is C22H23N3O. The molecule has 2 unspecified atom stereocenters. The Balaban J connectivity index is 1.50. The lowest BCUT2D eigenvalue weighted by Crippen LogP contribution is -2.52. The number of pyridine rings is 1. The Kier molecular flexibility index (Phi) is 4.81. The first-order valence-corrected chi connectivity index (χ1v) is 9.43. The van der Waals surface area contributed by atoms with E-state index < -0.39 is 0 Å². The van der Waals surface area contributed by atoms with Gasteiger partial charge in [0.25, 0.3) is 0 Å². The second-order valence-corrected chi connectivity index (χ2v) is 7.50. The second kappa shape index (κ2) is 7.39. The summed E-state index contributed by atoms with van der Waals surface area (Å²) >= 11 is 0. The highest BCUT2D eigenvalue weighted by molar-refractivity contribution is 5.98. The topological polar surface area (TPSA) is 57.0 Å². The lowest BCUT2D eigenvalue weighted by atomic mass is 9.75. The Morgan fingerprint density at radius 3 is 2.58 bits per heavy atom. The third kappa shape index (κ3) is 3.40. The number of Topliss-reactive ketones (excluding diaryl/α,β-unsaturated/α-hetero) is 1. The summed E-state index contributed by atoms with van der Waals surface area (Å²) < 4.78 is 0. The molecule has 2 aliphatic heterocycles. The van der Waals surface area contributed by atoms with E-state index in [9.17, 15) is 4.79 Å². The molecule has 1 aromatic carbocycles. The van der Waals surface area contributed by atoms with Gasteiger partial charge in [0, 0.05) is 42.5 Å². The average molecular weight is 345 g/mol. The molecule has 3 heterocycles. The first kappa shape index (κ1) is 16.9. The first-order valence-electron chi connectivity index (χ1n) is 9.43. The van der Waals surface area contributed by atoms with Crippen molar-refractivity contribution in [2.24, 2.45) is 5.92 Å². The Morgan fingerprint density at radius 2 is 1.88 bits per heavy atom. The number of carbonyl (C=O) groups is 1. The summed E-state index contributed by atoms with van der Waals surface area (Å²) in [7, 11) is 0. The summed E-state index contributed by atoms with van der Waals surface area (Å²) in [5, 5.41) is 9.05. The predicted octanol–water partition coefficient (Wildman–Crippen LogP) is 3.97. The monoisotopic (exact) mass is 345 g/mol.